The molecule has 1 saturated heterocycles. The molecule has 2 heteroatoms. The lowest BCUT2D eigenvalue weighted by Gasteiger charge is -2.12. The molecule has 0 spiro atoms. The van der Waals surface area contributed by atoms with E-state index in [1.807, 2.05) is 6.07 Å². The Morgan fingerprint density at radius 1 is 1.38 bits per heavy atom. The summed E-state index contributed by atoms with van der Waals surface area (Å²) in [5.74, 6) is 0.569. The third kappa shape index (κ3) is 1.74. The molecule has 0 aliphatic carbocycles. The first kappa shape index (κ1) is 8.73. The monoisotopic (exact) mass is 177 g/mol. The number of ether oxygens (including phenoxy) is 1. The second-order valence-corrected chi connectivity index (χ2v) is 3.46. The van der Waals surface area contributed by atoms with Crippen LogP contribution in [0.25, 0.3) is 0 Å². The van der Waals surface area contributed by atoms with Crippen LogP contribution in [-0.2, 0) is 11.3 Å². The molecule has 1 aliphatic heterocycles. The lowest BCUT2D eigenvalue weighted by Crippen LogP contribution is -2.06. The molecule has 2 rings (SSSR count). The van der Waals surface area contributed by atoms with Gasteiger partial charge < -0.3 is 10.5 Å². The molecule has 1 heterocycles. The molecule has 0 amide bonds. The summed E-state index contributed by atoms with van der Waals surface area (Å²) in [4.78, 5) is 0. The van der Waals surface area contributed by atoms with Gasteiger partial charge in [-0.15, -0.1) is 0 Å². The average molecular weight is 177 g/mol. The van der Waals surface area contributed by atoms with Crippen LogP contribution in [0.15, 0.2) is 24.3 Å². The van der Waals surface area contributed by atoms with Gasteiger partial charge >= 0.3 is 0 Å². The molecule has 1 atom stereocenters. The van der Waals surface area contributed by atoms with Crippen LogP contribution in [0.2, 0.25) is 0 Å². The summed E-state index contributed by atoms with van der Waals surface area (Å²) in [5, 5.41) is 0. The van der Waals surface area contributed by atoms with Crippen LogP contribution in [0.1, 0.15) is 23.5 Å². The van der Waals surface area contributed by atoms with E-state index in [2.05, 4.69) is 18.2 Å². The molecule has 0 aromatic heterocycles. The van der Waals surface area contributed by atoms with Crippen molar-refractivity contribution in [1.29, 1.82) is 0 Å². The van der Waals surface area contributed by atoms with Crippen LogP contribution >= 0.6 is 0 Å². The van der Waals surface area contributed by atoms with E-state index in [0.717, 1.165) is 19.6 Å². The third-order valence-corrected chi connectivity index (χ3v) is 2.64. The van der Waals surface area contributed by atoms with Crippen molar-refractivity contribution in [3.05, 3.63) is 35.4 Å². The Morgan fingerprint density at radius 2 is 2.23 bits per heavy atom. The van der Waals surface area contributed by atoms with Gasteiger partial charge in [-0.05, 0) is 17.5 Å². The molecule has 1 aliphatic rings. The van der Waals surface area contributed by atoms with Gasteiger partial charge in [0.05, 0.1) is 6.61 Å². The van der Waals surface area contributed by atoms with E-state index in [0.29, 0.717) is 12.5 Å². The highest BCUT2D eigenvalue weighted by Gasteiger charge is 2.19. The van der Waals surface area contributed by atoms with Gasteiger partial charge in [-0.25, -0.2) is 0 Å². The second-order valence-electron chi connectivity index (χ2n) is 3.46. The minimum absolute atomic E-state index is 0.569. The number of benzene rings is 1. The Morgan fingerprint density at radius 3 is 2.92 bits per heavy atom. The van der Waals surface area contributed by atoms with E-state index < -0.39 is 0 Å². The molecule has 1 fully saturated rings. The SMILES string of the molecule is NCc1ccccc1C1CCOC1. The van der Waals surface area contributed by atoms with Crippen molar-refractivity contribution in [1.82, 2.24) is 0 Å². The summed E-state index contributed by atoms with van der Waals surface area (Å²) >= 11 is 0. The van der Waals surface area contributed by atoms with E-state index in [1.54, 1.807) is 0 Å². The second kappa shape index (κ2) is 3.90. The van der Waals surface area contributed by atoms with E-state index in [4.69, 9.17) is 10.5 Å². The minimum Gasteiger partial charge on any atom is -0.381 e. The van der Waals surface area contributed by atoms with Crippen molar-refractivity contribution < 1.29 is 4.74 Å². The molecule has 1 unspecified atom stereocenters. The van der Waals surface area contributed by atoms with Crippen molar-refractivity contribution in [3.8, 4) is 0 Å². The standard InChI is InChI=1S/C11H15NO/c12-7-9-3-1-2-4-11(9)10-5-6-13-8-10/h1-4,10H,5-8,12H2. The Labute approximate surface area is 78.7 Å². The van der Waals surface area contributed by atoms with Crippen molar-refractivity contribution in [2.24, 2.45) is 5.73 Å². The van der Waals surface area contributed by atoms with Crippen molar-refractivity contribution >= 4 is 0 Å². The number of rotatable bonds is 2. The third-order valence-electron chi connectivity index (χ3n) is 2.64. The highest BCUT2D eigenvalue weighted by Crippen LogP contribution is 2.27. The summed E-state index contributed by atoms with van der Waals surface area (Å²) < 4.78 is 5.37. The van der Waals surface area contributed by atoms with Gasteiger partial charge in [-0.2, -0.15) is 0 Å². The largest absolute Gasteiger partial charge is 0.381 e. The molecular weight excluding hydrogens is 162 g/mol. The molecule has 1 aromatic rings. The van der Waals surface area contributed by atoms with Crippen molar-refractivity contribution in [3.63, 3.8) is 0 Å². The molecule has 0 radical (unpaired) electrons. The molecule has 0 saturated carbocycles. The van der Waals surface area contributed by atoms with E-state index >= 15 is 0 Å². The number of hydrogen-bond acceptors (Lipinski definition) is 2. The lowest BCUT2D eigenvalue weighted by atomic mass is 9.94. The van der Waals surface area contributed by atoms with E-state index in [1.165, 1.54) is 11.1 Å². The Kier molecular flexibility index (Phi) is 2.62. The van der Waals surface area contributed by atoms with Crippen LogP contribution in [0, 0.1) is 0 Å². The smallest absolute Gasteiger partial charge is 0.0535 e. The molecule has 2 nitrogen and oxygen atoms in total. The maximum absolute atomic E-state index is 5.68. The van der Waals surface area contributed by atoms with Gasteiger partial charge in [-0.1, -0.05) is 24.3 Å². The van der Waals surface area contributed by atoms with Crippen LogP contribution in [0.5, 0.6) is 0 Å². The van der Waals surface area contributed by atoms with E-state index in [9.17, 15) is 0 Å². The van der Waals surface area contributed by atoms with Gasteiger partial charge in [0.25, 0.3) is 0 Å². The summed E-state index contributed by atoms with van der Waals surface area (Å²) in [7, 11) is 0. The van der Waals surface area contributed by atoms with Gasteiger partial charge in [-0.3, -0.25) is 0 Å². The maximum atomic E-state index is 5.68. The topological polar surface area (TPSA) is 35.2 Å². The number of nitrogens with two attached hydrogens (primary N) is 1. The first-order valence-electron chi connectivity index (χ1n) is 4.77. The fourth-order valence-corrected chi connectivity index (χ4v) is 1.90. The molecule has 70 valence electrons. The van der Waals surface area contributed by atoms with Gasteiger partial charge in [0.15, 0.2) is 0 Å². The summed E-state index contributed by atoms with van der Waals surface area (Å²) in [5.41, 5.74) is 8.32. The van der Waals surface area contributed by atoms with Crippen LogP contribution in [0.3, 0.4) is 0 Å². The van der Waals surface area contributed by atoms with Gasteiger partial charge in [0.1, 0.15) is 0 Å². The molecule has 13 heavy (non-hydrogen) atoms. The molecule has 1 aromatic carbocycles. The first-order chi connectivity index (χ1) is 6.42. The summed E-state index contributed by atoms with van der Waals surface area (Å²) in [6.45, 7) is 2.38. The zero-order chi connectivity index (χ0) is 9.10. The lowest BCUT2D eigenvalue weighted by molar-refractivity contribution is 0.194. The minimum atomic E-state index is 0.569. The van der Waals surface area contributed by atoms with Crippen molar-refractivity contribution in [2.45, 2.75) is 18.9 Å². The fraction of sp³-hybridized carbons (Fsp3) is 0.455. The Balaban J connectivity index is 2.26. The Bertz CT molecular complexity index is 279. The fourth-order valence-electron chi connectivity index (χ4n) is 1.90. The number of hydrogen-bond donors (Lipinski definition) is 1. The highest BCUT2D eigenvalue weighted by atomic mass is 16.5. The summed E-state index contributed by atoms with van der Waals surface area (Å²) in [6.07, 6.45) is 1.14. The zero-order valence-electron chi connectivity index (χ0n) is 7.70. The predicted molar refractivity (Wildman–Crippen MR) is 52.5 cm³/mol. The summed E-state index contributed by atoms with van der Waals surface area (Å²) in [6, 6.07) is 8.39. The Hall–Kier alpha value is -0.860. The zero-order valence-corrected chi connectivity index (χ0v) is 7.70. The predicted octanol–water partition coefficient (Wildman–Crippen LogP) is 1.65. The normalized spacial score (nSPS) is 22.1. The first-order valence-corrected chi connectivity index (χ1v) is 4.77. The van der Waals surface area contributed by atoms with Gasteiger partial charge in [0.2, 0.25) is 0 Å². The maximum Gasteiger partial charge on any atom is 0.0535 e. The van der Waals surface area contributed by atoms with Crippen LogP contribution in [-0.4, -0.2) is 13.2 Å². The van der Waals surface area contributed by atoms with Crippen LogP contribution in [0.4, 0.5) is 0 Å². The highest BCUT2D eigenvalue weighted by molar-refractivity contribution is 5.30. The van der Waals surface area contributed by atoms with Crippen LogP contribution < -0.4 is 5.73 Å². The molecule has 0 bridgehead atoms. The average Bonchev–Trinajstić information content (AvgIpc) is 2.70. The molecule has 2 N–H and O–H groups in total. The van der Waals surface area contributed by atoms with Crippen molar-refractivity contribution in [2.75, 3.05) is 13.2 Å². The quantitative estimate of drug-likeness (QED) is 0.745. The van der Waals surface area contributed by atoms with E-state index in [-0.39, 0.29) is 0 Å². The molecular formula is C11H15NO. The van der Waals surface area contributed by atoms with Gasteiger partial charge in [0, 0.05) is 19.1 Å².